The topological polar surface area (TPSA) is 50.2 Å². The third-order valence-corrected chi connectivity index (χ3v) is 4.61. The first kappa shape index (κ1) is 18.2. The van der Waals surface area contributed by atoms with Gasteiger partial charge in [0.2, 0.25) is 5.91 Å². The van der Waals surface area contributed by atoms with Crippen LogP contribution >= 0.6 is 0 Å². The van der Waals surface area contributed by atoms with Gasteiger partial charge in [-0.2, -0.15) is 5.10 Å². The molecule has 1 heterocycles. The first-order valence-electron chi connectivity index (χ1n) is 8.33. The molecule has 1 aromatic carbocycles. The molecule has 0 bridgehead atoms. The van der Waals surface area contributed by atoms with E-state index in [1.807, 2.05) is 61.8 Å². The molecule has 0 spiro atoms. The Kier molecular flexibility index (Phi) is 5.78. The van der Waals surface area contributed by atoms with Gasteiger partial charge in [0.1, 0.15) is 6.04 Å². The molecule has 2 aromatic rings. The monoisotopic (exact) mass is 328 g/mol. The second kappa shape index (κ2) is 7.62. The molecule has 0 saturated heterocycles. The van der Waals surface area contributed by atoms with Crippen LogP contribution < -0.4 is 5.32 Å². The minimum atomic E-state index is -0.284. The zero-order valence-corrected chi connectivity index (χ0v) is 15.6. The molecule has 24 heavy (non-hydrogen) atoms. The highest BCUT2D eigenvalue weighted by Gasteiger charge is 2.23. The summed E-state index contributed by atoms with van der Waals surface area (Å²) in [5.74, 6) is 0.0209. The number of aromatic nitrogens is 2. The fourth-order valence-corrected chi connectivity index (χ4v) is 2.93. The lowest BCUT2D eigenvalue weighted by Gasteiger charge is -2.25. The number of amides is 1. The third-order valence-electron chi connectivity index (χ3n) is 4.61. The van der Waals surface area contributed by atoms with E-state index < -0.39 is 0 Å². The van der Waals surface area contributed by atoms with Gasteiger partial charge >= 0.3 is 0 Å². The van der Waals surface area contributed by atoms with Gasteiger partial charge in [-0.1, -0.05) is 24.3 Å². The number of benzene rings is 1. The molecule has 0 fully saturated rings. The minimum absolute atomic E-state index is 0.0209. The van der Waals surface area contributed by atoms with Gasteiger partial charge in [0.05, 0.1) is 12.2 Å². The van der Waals surface area contributed by atoms with Gasteiger partial charge in [-0.05, 0) is 58.5 Å². The summed E-state index contributed by atoms with van der Waals surface area (Å²) < 4.78 is 1.96. The summed E-state index contributed by atoms with van der Waals surface area (Å²) in [5, 5.41) is 7.57. The van der Waals surface area contributed by atoms with Crippen molar-refractivity contribution in [2.45, 2.75) is 40.3 Å². The van der Waals surface area contributed by atoms with E-state index in [2.05, 4.69) is 24.3 Å². The Morgan fingerprint density at radius 2 is 1.88 bits per heavy atom. The van der Waals surface area contributed by atoms with Crippen LogP contribution in [0.1, 0.15) is 34.1 Å². The fourth-order valence-electron chi connectivity index (χ4n) is 2.93. The maximum absolute atomic E-state index is 12.7. The predicted octanol–water partition coefficient (Wildman–Crippen LogP) is 2.54. The molecule has 1 aromatic heterocycles. The summed E-state index contributed by atoms with van der Waals surface area (Å²) in [6.45, 7) is 9.44. The molecule has 2 rings (SSSR count). The summed E-state index contributed by atoms with van der Waals surface area (Å²) in [7, 11) is 3.86. The molecule has 5 heteroatoms. The van der Waals surface area contributed by atoms with Gasteiger partial charge in [0.15, 0.2) is 0 Å². The quantitative estimate of drug-likeness (QED) is 0.886. The molecule has 1 amide bonds. The number of carbonyl (C=O) groups excluding carboxylic acids is 1. The average molecular weight is 328 g/mol. The van der Waals surface area contributed by atoms with Crippen molar-refractivity contribution in [2.24, 2.45) is 0 Å². The number of carbonyl (C=O) groups is 1. The highest BCUT2D eigenvalue weighted by Crippen LogP contribution is 2.21. The predicted molar refractivity (Wildman–Crippen MR) is 97.1 cm³/mol. The van der Waals surface area contributed by atoms with Crippen molar-refractivity contribution in [1.29, 1.82) is 0 Å². The lowest BCUT2D eigenvalue weighted by atomic mass is 10.00. The van der Waals surface area contributed by atoms with Gasteiger partial charge in [0.25, 0.3) is 0 Å². The molecular formula is C19H28N4O. The fraction of sp³-hybridized carbons (Fsp3) is 0.474. The highest BCUT2D eigenvalue weighted by atomic mass is 16.2. The lowest BCUT2D eigenvalue weighted by molar-refractivity contribution is -0.125. The van der Waals surface area contributed by atoms with Gasteiger partial charge in [-0.25, -0.2) is 0 Å². The Balaban J connectivity index is 2.04. The van der Waals surface area contributed by atoms with Crippen LogP contribution in [0, 0.1) is 27.7 Å². The van der Waals surface area contributed by atoms with Crippen LogP contribution in [0.25, 0.3) is 0 Å². The molecule has 0 saturated carbocycles. The van der Waals surface area contributed by atoms with Crippen molar-refractivity contribution in [3.8, 4) is 0 Å². The number of nitrogens with one attached hydrogen (secondary N) is 1. The zero-order chi connectivity index (χ0) is 17.9. The van der Waals surface area contributed by atoms with E-state index in [-0.39, 0.29) is 11.9 Å². The molecule has 1 N–H and O–H groups in total. The molecule has 0 radical (unpaired) electrons. The van der Waals surface area contributed by atoms with Crippen LogP contribution in [0.3, 0.4) is 0 Å². The van der Waals surface area contributed by atoms with Crippen LogP contribution in [0.15, 0.2) is 24.3 Å². The van der Waals surface area contributed by atoms with Crippen LogP contribution in [0.5, 0.6) is 0 Å². The molecule has 1 atom stereocenters. The second-order valence-electron chi connectivity index (χ2n) is 6.53. The number of aryl methyl sites for hydroxylation is 2. The summed E-state index contributed by atoms with van der Waals surface area (Å²) in [6, 6.07) is 7.74. The van der Waals surface area contributed by atoms with Crippen LogP contribution in [-0.2, 0) is 11.3 Å². The van der Waals surface area contributed by atoms with Crippen LogP contribution in [0.4, 0.5) is 0 Å². The number of likely N-dealkylation sites (N-methyl/N-ethyl adjacent to an activating group) is 1. The number of hydrogen-bond donors (Lipinski definition) is 1. The Morgan fingerprint density at radius 1 is 1.21 bits per heavy atom. The van der Waals surface area contributed by atoms with E-state index in [1.165, 1.54) is 5.56 Å². The van der Waals surface area contributed by atoms with E-state index in [0.717, 1.165) is 22.5 Å². The number of hydrogen-bond acceptors (Lipinski definition) is 3. The van der Waals surface area contributed by atoms with Gasteiger partial charge in [0, 0.05) is 12.2 Å². The summed E-state index contributed by atoms with van der Waals surface area (Å²) in [6.07, 6.45) is 0. The maximum atomic E-state index is 12.7. The highest BCUT2D eigenvalue weighted by molar-refractivity contribution is 5.83. The van der Waals surface area contributed by atoms with Crippen molar-refractivity contribution in [3.05, 3.63) is 52.3 Å². The van der Waals surface area contributed by atoms with Crippen molar-refractivity contribution in [2.75, 3.05) is 20.6 Å². The summed E-state index contributed by atoms with van der Waals surface area (Å²) in [4.78, 5) is 14.7. The van der Waals surface area contributed by atoms with E-state index >= 15 is 0 Å². The minimum Gasteiger partial charge on any atom is -0.353 e. The maximum Gasteiger partial charge on any atom is 0.242 e. The number of rotatable bonds is 6. The van der Waals surface area contributed by atoms with Crippen molar-refractivity contribution in [3.63, 3.8) is 0 Å². The van der Waals surface area contributed by atoms with Crippen molar-refractivity contribution < 1.29 is 4.79 Å². The Labute approximate surface area is 144 Å². The van der Waals surface area contributed by atoms with E-state index in [0.29, 0.717) is 13.1 Å². The number of nitrogens with zero attached hydrogens (tertiary/aromatic N) is 3. The largest absolute Gasteiger partial charge is 0.353 e. The lowest BCUT2D eigenvalue weighted by Crippen LogP contribution is -2.38. The first-order valence-corrected chi connectivity index (χ1v) is 8.33. The van der Waals surface area contributed by atoms with E-state index in [1.54, 1.807) is 0 Å². The Morgan fingerprint density at radius 3 is 2.42 bits per heavy atom. The smallest absolute Gasteiger partial charge is 0.242 e. The third kappa shape index (κ3) is 3.85. The normalized spacial score (nSPS) is 12.5. The average Bonchev–Trinajstić information content (AvgIpc) is 2.76. The van der Waals surface area contributed by atoms with Crippen molar-refractivity contribution in [1.82, 2.24) is 20.0 Å². The molecule has 0 aliphatic rings. The van der Waals surface area contributed by atoms with Gasteiger partial charge < -0.3 is 5.32 Å². The van der Waals surface area contributed by atoms with Gasteiger partial charge in [-0.15, -0.1) is 0 Å². The van der Waals surface area contributed by atoms with Crippen molar-refractivity contribution >= 4 is 5.91 Å². The molecule has 0 aliphatic carbocycles. The van der Waals surface area contributed by atoms with E-state index in [9.17, 15) is 4.79 Å². The molecule has 5 nitrogen and oxygen atoms in total. The molecule has 1 unspecified atom stereocenters. The Bertz CT molecular complexity index is 718. The summed E-state index contributed by atoms with van der Waals surface area (Å²) in [5.41, 5.74) is 5.59. The standard InChI is InChI=1S/C19H28N4O/c1-13-9-7-8-10-17(13)18(22(5)6)19(24)20-11-12-23-16(4)14(2)15(3)21-23/h7-10,18H,11-12H2,1-6H3,(H,20,24). The second-order valence-corrected chi connectivity index (χ2v) is 6.53. The van der Waals surface area contributed by atoms with E-state index in [4.69, 9.17) is 0 Å². The molecular weight excluding hydrogens is 300 g/mol. The van der Waals surface area contributed by atoms with Gasteiger partial charge in [-0.3, -0.25) is 14.4 Å². The SMILES string of the molecule is Cc1ccccc1C(C(=O)NCCn1nc(C)c(C)c1C)N(C)C. The summed E-state index contributed by atoms with van der Waals surface area (Å²) >= 11 is 0. The first-order chi connectivity index (χ1) is 11.3. The molecule has 130 valence electrons. The van der Waals surface area contributed by atoms with Crippen LogP contribution in [-0.4, -0.2) is 41.2 Å². The van der Waals surface area contributed by atoms with Crippen LogP contribution in [0.2, 0.25) is 0 Å². The zero-order valence-electron chi connectivity index (χ0n) is 15.6. The molecule has 0 aliphatic heterocycles. The Hall–Kier alpha value is -2.14.